The van der Waals surface area contributed by atoms with E-state index < -0.39 is 17.8 Å². The van der Waals surface area contributed by atoms with Crippen molar-refractivity contribution in [1.82, 2.24) is 10.2 Å². The molecule has 1 aromatic carbocycles. The first-order chi connectivity index (χ1) is 12.5. The van der Waals surface area contributed by atoms with Crippen molar-refractivity contribution in [3.05, 3.63) is 52.0 Å². The summed E-state index contributed by atoms with van der Waals surface area (Å²) in [4.78, 5) is 34.7. The van der Waals surface area contributed by atoms with E-state index in [0.717, 1.165) is 29.1 Å². The van der Waals surface area contributed by atoms with E-state index in [0.29, 0.717) is 10.7 Å². The fourth-order valence-corrected chi connectivity index (χ4v) is 2.38. The molecule has 0 spiro atoms. The number of amides is 1. The molecule has 8 nitrogen and oxygen atoms in total. The molecule has 2 aromatic rings. The summed E-state index contributed by atoms with van der Waals surface area (Å²) in [6, 6.07) is 7.33. The summed E-state index contributed by atoms with van der Waals surface area (Å²) in [5.41, 5.74) is 1.73. The molecular weight excluding hydrogens is 358 g/mol. The maximum atomic E-state index is 12.1. The Hall–Kier alpha value is -3.07. The second-order valence-corrected chi connectivity index (χ2v) is 6.08. The van der Waals surface area contributed by atoms with Crippen LogP contribution in [0.3, 0.4) is 0 Å². The van der Waals surface area contributed by atoms with Crippen LogP contribution in [-0.2, 0) is 25.7 Å². The van der Waals surface area contributed by atoms with Gasteiger partial charge in [0.05, 0.1) is 6.61 Å². The summed E-state index contributed by atoms with van der Waals surface area (Å²) in [6.07, 6.45) is 1.94. The smallest absolute Gasteiger partial charge is 0.331 e. The van der Waals surface area contributed by atoms with Crippen molar-refractivity contribution in [2.45, 2.75) is 20.5 Å². The third kappa shape index (κ3) is 6.10. The molecule has 0 atom stereocenters. The van der Waals surface area contributed by atoms with Crippen LogP contribution in [0.1, 0.15) is 27.3 Å². The van der Waals surface area contributed by atoms with Crippen molar-refractivity contribution in [3.8, 4) is 0 Å². The Morgan fingerprint density at radius 3 is 2.38 bits per heavy atom. The monoisotopic (exact) mass is 375 g/mol. The molecule has 0 radical (unpaired) electrons. The van der Waals surface area contributed by atoms with Crippen LogP contribution < -0.4 is 5.32 Å². The number of anilines is 1. The van der Waals surface area contributed by atoms with Gasteiger partial charge in [-0.05, 0) is 26.0 Å². The molecule has 0 aliphatic heterocycles. The van der Waals surface area contributed by atoms with Gasteiger partial charge in [0, 0.05) is 17.8 Å². The highest BCUT2D eigenvalue weighted by molar-refractivity contribution is 7.13. The third-order valence-electron chi connectivity index (χ3n) is 2.95. The molecule has 1 N–H and O–H groups in total. The van der Waals surface area contributed by atoms with Crippen LogP contribution >= 0.6 is 11.3 Å². The van der Waals surface area contributed by atoms with Gasteiger partial charge in [0.2, 0.25) is 5.01 Å². The third-order valence-corrected chi connectivity index (χ3v) is 3.85. The molecule has 0 saturated heterocycles. The fraction of sp³-hybridized carbons (Fsp3) is 0.235. The van der Waals surface area contributed by atoms with Gasteiger partial charge in [-0.3, -0.25) is 4.79 Å². The zero-order valence-electron chi connectivity index (χ0n) is 14.2. The van der Waals surface area contributed by atoms with Gasteiger partial charge in [-0.2, -0.15) is 0 Å². The van der Waals surface area contributed by atoms with Crippen molar-refractivity contribution in [2.75, 3.05) is 11.9 Å². The van der Waals surface area contributed by atoms with Crippen molar-refractivity contribution < 1.29 is 23.9 Å². The number of hydrogen-bond acceptors (Lipinski definition) is 8. The molecule has 1 amide bonds. The van der Waals surface area contributed by atoms with Crippen molar-refractivity contribution in [3.63, 3.8) is 0 Å². The van der Waals surface area contributed by atoms with Crippen LogP contribution in [0.4, 0.5) is 5.69 Å². The van der Waals surface area contributed by atoms with Gasteiger partial charge in [0.25, 0.3) is 5.91 Å². The maximum Gasteiger partial charge on any atom is 0.331 e. The Kier molecular flexibility index (Phi) is 6.98. The minimum atomic E-state index is -0.723. The number of esters is 2. The molecule has 0 bridgehead atoms. The lowest BCUT2D eigenvalue weighted by Crippen LogP contribution is -2.11. The SMILES string of the molecule is CCOC(=O)/C=C/C(=O)OCc1nnc(C(=O)Nc2ccc(C)cc2)s1. The number of ether oxygens (including phenoxy) is 2. The Bertz CT molecular complexity index is 814. The lowest BCUT2D eigenvalue weighted by Gasteiger charge is -2.02. The first-order valence-corrected chi connectivity index (χ1v) is 8.51. The lowest BCUT2D eigenvalue weighted by atomic mass is 10.2. The van der Waals surface area contributed by atoms with Gasteiger partial charge in [-0.25, -0.2) is 9.59 Å². The standard InChI is InChI=1S/C17H17N3O5S/c1-3-24-14(21)8-9-15(22)25-10-13-19-20-17(26-13)16(23)18-12-6-4-11(2)5-7-12/h4-9H,3,10H2,1-2H3,(H,18,23)/b9-8+. The zero-order valence-corrected chi connectivity index (χ0v) is 15.0. The van der Waals surface area contributed by atoms with Gasteiger partial charge < -0.3 is 14.8 Å². The number of carbonyl (C=O) groups excluding carboxylic acids is 3. The van der Waals surface area contributed by atoms with Crippen molar-refractivity contribution in [1.29, 1.82) is 0 Å². The normalized spacial score (nSPS) is 10.5. The molecule has 26 heavy (non-hydrogen) atoms. The number of nitrogens with one attached hydrogen (secondary N) is 1. The zero-order chi connectivity index (χ0) is 18.9. The average molecular weight is 375 g/mol. The van der Waals surface area contributed by atoms with Gasteiger partial charge >= 0.3 is 11.9 Å². The van der Waals surface area contributed by atoms with Gasteiger partial charge in [-0.1, -0.05) is 29.0 Å². The summed E-state index contributed by atoms with van der Waals surface area (Å²) in [6.45, 7) is 3.68. The first-order valence-electron chi connectivity index (χ1n) is 7.70. The number of rotatable bonds is 7. The number of aromatic nitrogens is 2. The van der Waals surface area contributed by atoms with Crippen LogP contribution in [0.15, 0.2) is 36.4 Å². The van der Waals surface area contributed by atoms with Crippen LogP contribution in [-0.4, -0.2) is 34.7 Å². The van der Waals surface area contributed by atoms with E-state index in [-0.39, 0.29) is 18.2 Å². The van der Waals surface area contributed by atoms with E-state index in [1.54, 1.807) is 19.1 Å². The summed E-state index contributed by atoms with van der Waals surface area (Å²) in [7, 11) is 0. The number of nitrogens with zero attached hydrogens (tertiary/aromatic N) is 2. The quantitative estimate of drug-likeness (QED) is 0.584. The van der Waals surface area contributed by atoms with Gasteiger partial charge in [0.15, 0.2) is 5.01 Å². The summed E-state index contributed by atoms with van der Waals surface area (Å²) in [5.74, 6) is -1.75. The number of hydrogen-bond donors (Lipinski definition) is 1. The molecule has 0 fully saturated rings. The van der Waals surface area contributed by atoms with Crippen LogP contribution in [0.5, 0.6) is 0 Å². The molecule has 1 heterocycles. The molecule has 0 aliphatic carbocycles. The van der Waals surface area contributed by atoms with E-state index in [2.05, 4.69) is 20.3 Å². The summed E-state index contributed by atoms with van der Waals surface area (Å²) < 4.78 is 9.57. The number of carbonyl (C=O) groups is 3. The minimum absolute atomic E-state index is 0.151. The number of aryl methyl sites for hydroxylation is 1. The van der Waals surface area contributed by atoms with E-state index in [1.165, 1.54) is 0 Å². The highest BCUT2D eigenvalue weighted by Gasteiger charge is 2.14. The first kappa shape index (κ1) is 19.3. The predicted molar refractivity (Wildman–Crippen MR) is 94.6 cm³/mol. The second-order valence-electron chi connectivity index (χ2n) is 5.01. The highest BCUT2D eigenvalue weighted by atomic mass is 32.1. The van der Waals surface area contributed by atoms with Crippen molar-refractivity contribution in [2.24, 2.45) is 0 Å². The Labute approximate surface area is 153 Å². The predicted octanol–water partition coefficient (Wildman–Crippen LogP) is 2.26. The Morgan fingerprint density at radius 1 is 1.08 bits per heavy atom. The summed E-state index contributed by atoms with van der Waals surface area (Å²) in [5, 5.41) is 10.8. The molecular formula is C17H17N3O5S. The van der Waals surface area contributed by atoms with E-state index in [4.69, 9.17) is 4.74 Å². The van der Waals surface area contributed by atoms with E-state index >= 15 is 0 Å². The molecule has 136 valence electrons. The number of benzene rings is 1. The van der Waals surface area contributed by atoms with Gasteiger partial charge in [0.1, 0.15) is 6.61 Å². The van der Waals surface area contributed by atoms with Crippen LogP contribution in [0, 0.1) is 6.92 Å². The summed E-state index contributed by atoms with van der Waals surface area (Å²) >= 11 is 1.01. The minimum Gasteiger partial charge on any atom is -0.463 e. The van der Waals surface area contributed by atoms with Gasteiger partial charge in [-0.15, -0.1) is 10.2 Å². The topological polar surface area (TPSA) is 107 Å². The average Bonchev–Trinajstić information content (AvgIpc) is 3.09. The molecule has 1 aromatic heterocycles. The van der Waals surface area contributed by atoms with E-state index in [9.17, 15) is 14.4 Å². The Balaban J connectivity index is 1.85. The maximum absolute atomic E-state index is 12.1. The second kappa shape index (κ2) is 9.42. The highest BCUT2D eigenvalue weighted by Crippen LogP contribution is 2.14. The molecule has 0 saturated carbocycles. The lowest BCUT2D eigenvalue weighted by molar-refractivity contribution is -0.141. The Morgan fingerprint density at radius 2 is 1.73 bits per heavy atom. The fourth-order valence-electron chi connectivity index (χ4n) is 1.73. The van der Waals surface area contributed by atoms with Crippen LogP contribution in [0.2, 0.25) is 0 Å². The molecule has 9 heteroatoms. The van der Waals surface area contributed by atoms with Crippen molar-refractivity contribution >= 4 is 34.9 Å². The largest absolute Gasteiger partial charge is 0.463 e. The molecule has 0 aliphatic rings. The van der Waals surface area contributed by atoms with E-state index in [1.807, 2.05) is 19.1 Å². The molecule has 2 rings (SSSR count). The molecule has 0 unspecified atom stereocenters. The van der Waals surface area contributed by atoms with Crippen LogP contribution in [0.25, 0.3) is 0 Å².